The average Bonchev–Trinajstić information content (AvgIpc) is 2.61. The van der Waals surface area contributed by atoms with Gasteiger partial charge in [-0.05, 0) is 19.8 Å². The zero-order valence-corrected chi connectivity index (χ0v) is 9.95. The fourth-order valence-electron chi connectivity index (χ4n) is 2.00. The molecule has 16 heavy (non-hydrogen) atoms. The maximum Gasteiger partial charge on any atom is 0.317 e. The molecule has 0 unspecified atom stereocenters. The van der Waals surface area contributed by atoms with E-state index in [1.807, 2.05) is 6.92 Å². The topological polar surface area (TPSA) is 69.6 Å². The third-order valence-electron chi connectivity index (χ3n) is 3.12. The van der Waals surface area contributed by atoms with Crippen molar-refractivity contribution in [2.45, 2.75) is 44.6 Å². The van der Waals surface area contributed by atoms with E-state index in [1.54, 1.807) is 7.05 Å². The Morgan fingerprint density at radius 2 is 1.94 bits per heavy atom. The Morgan fingerprint density at radius 3 is 2.44 bits per heavy atom. The molecule has 0 aromatic heterocycles. The Labute approximate surface area is 95.8 Å². The predicted octanol–water partition coefficient (Wildman–Crippen LogP) is 1.44. The van der Waals surface area contributed by atoms with Crippen molar-refractivity contribution in [3.63, 3.8) is 0 Å². The van der Waals surface area contributed by atoms with Gasteiger partial charge >= 0.3 is 12.0 Å². The number of carboxylic acid groups (broad SMARTS) is 1. The smallest absolute Gasteiger partial charge is 0.317 e. The molecule has 1 aliphatic rings. The molecule has 5 nitrogen and oxygen atoms in total. The number of carboxylic acids is 1. The summed E-state index contributed by atoms with van der Waals surface area (Å²) in [6.45, 7) is 2.29. The number of urea groups is 1. The van der Waals surface area contributed by atoms with E-state index in [9.17, 15) is 9.59 Å². The lowest BCUT2D eigenvalue weighted by Crippen LogP contribution is -2.49. The van der Waals surface area contributed by atoms with Crippen molar-refractivity contribution in [1.82, 2.24) is 10.2 Å². The Hall–Kier alpha value is -1.26. The van der Waals surface area contributed by atoms with E-state index in [2.05, 4.69) is 5.32 Å². The Morgan fingerprint density at radius 1 is 1.38 bits per heavy atom. The van der Waals surface area contributed by atoms with Gasteiger partial charge in [-0.15, -0.1) is 0 Å². The van der Waals surface area contributed by atoms with Gasteiger partial charge in [-0.3, -0.25) is 4.79 Å². The first kappa shape index (κ1) is 12.8. The molecule has 2 amide bonds. The van der Waals surface area contributed by atoms with Gasteiger partial charge in [0.05, 0.1) is 6.42 Å². The van der Waals surface area contributed by atoms with Gasteiger partial charge in [0.25, 0.3) is 0 Å². The highest BCUT2D eigenvalue weighted by Gasteiger charge is 2.30. The summed E-state index contributed by atoms with van der Waals surface area (Å²) in [7, 11) is 1.62. The van der Waals surface area contributed by atoms with Gasteiger partial charge in [0.15, 0.2) is 0 Å². The standard InChI is InChI=1S/C11H20N2O3/c1-11(6-3-4-7-11)12-10(16)13(2)8-5-9(14)15/h3-8H2,1-2H3,(H,12,16)(H,14,15). The van der Waals surface area contributed by atoms with E-state index in [4.69, 9.17) is 5.11 Å². The van der Waals surface area contributed by atoms with Gasteiger partial charge in [0, 0.05) is 19.1 Å². The molecule has 0 radical (unpaired) electrons. The highest BCUT2D eigenvalue weighted by molar-refractivity contribution is 5.75. The summed E-state index contributed by atoms with van der Waals surface area (Å²) >= 11 is 0. The van der Waals surface area contributed by atoms with E-state index in [0.717, 1.165) is 25.7 Å². The van der Waals surface area contributed by atoms with Crippen molar-refractivity contribution < 1.29 is 14.7 Å². The van der Waals surface area contributed by atoms with Gasteiger partial charge in [-0.1, -0.05) is 12.8 Å². The Bertz CT molecular complexity index is 272. The second kappa shape index (κ2) is 5.18. The molecule has 5 heteroatoms. The largest absolute Gasteiger partial charge is 0.481 e. The van der Waals surface area contributed by atoms with E-state index < -0.39 is 5.97 Å². The van der Waals surface area contributed by atoms with Crippen LogP contribution in [0.5, 0.6) is 0 Å². The maximum absolute atomic E-state index is 11.7. The van der Waals surface area contributed by atoms with Gasteiger partial charge < -0.3 is 15.3 Å². The molecule has 1 fully saturated rings. The molecular formula is C11H20N2O3. The molecule has 0 aliphatic heterocycles. The second-order valence-electron chi connectivity index (χ2n) is 4.76. The summed E-state index contributed by atoms with van der Waals surface area (Å²) in [6, 6.07) is -0.175. The number of nitrogens with one attached hydrogen (secondary N) is 1. The van der Waals surface area contributed by atoms with Crippen LogP contribution in [0.15, 0.2) is 0 Å². The third-order valence-corrected chi connectivity index (χ3v) is 3.12. The van der Waals surface area contributed by atoms with E-state index >= 15 is 0 Å². The van der Waals surface area contributed by atoms with Crippen molar-refractivity contribution in [1.29, 1.82) is 0 Å². The number of rotatable bonds is 4. The highest BCUT2D eigenvalue weighted by atomic mass is 16.4. The summed E-state index contributed by atoms with van der Waals surface area (Å²) in [6.07, 6.45) is 4.29. The lowest BCUT2D eigenvalue weighted by atomic mass is 10.0. The average molecular weight is 228 g/mol. The van der Waals surface area contributed by atoms with Crippen molar-refractivity contribution in [3.05, 3.63) is 0 Å². The summed E-state index contributed by atoms with van der Waals surface area (Å²) < 4.78 is 0. The zero-order valence-electron chi connectivity index (χ0n) is 9.95. The van der Waals surface area contributed by atoms with E-state index in [1.165, 1.54) is 4.90 Å². The van der Waals surface area contributed by atoms with Gasteiger partial charge in [0.1, 0.15) is 0 Å². The third kappa shape index (κ3) is 3.72. The normalized spacial score (nSPS) is 18.1. The van der Waals surface area contributed by atoms with Crippen LogP contribution in [0.4, 0.5) is 4.79 Å². The maximum atomic E-state index is 11.7. The number of nitrogens with zero attached hydrogens (tertiary/aromatic N) is 1. The Balaban J connectivity index is 2.36. The van der Waals surface area contributed by atoms with Crippen molar-refractivity contribution >= 4 is 12.0 Å². The number of carbonyl (C=O) groups excluding carboxylic acids is 1. The summed E-state index contributed by atoms with van der Waals surface area (Å²) in [5.74, 6) is -0.883. The monoisotopic (exact) mass is 228 g/mol. The van der Waals surface area contributed by atoms with Crippen molar-refractivity contribution in [2.24, 2.45) is 0 Å². The lowest BCUT2D eigenvalue weighted by Gasteiger charge is -2.28. The van der Waals surface area contributed by atoms with Crippen LogP contribution in [0.3, 0.4) is 0 Å². The number of aliphatic carboxylic acids is 1. The highest BCUT2D eigenvalue weighted by Crippen LogP contribution is 2.28. The van der Waals surface area contributed by atoms with Crippen LogP contribution in [0, 0.1) is 0 Å². The van der Waals surface area contributed by atoms with E-state index in [0.29, 0.717) is 0 Å². The van der Waals surface area contributed by atoms with Crippen LogP contribution in [-0.2, 0) is 4.79 Å². The molecule has 0 saturated heterocycles. The van der Waals surface area contributed by atoms with Crippen LogP contribution in [-0.4, -0.2) is 41.1 Å². The summed E-state index contributed by atoms with van der Waals surface area (Å²) in [5.41, 5.74) is -0.103. The second-order valence-corrected chi connectivity index (χ2v) is 4.76. The molecule has 0 spiro atoms. The van der Waals surface area contributed by atoms with Crippen LogP contribution < -0.4 is 5.32 Å². The molecule has 0 bridgehead atoms. The Kier molecular flexibility index (Phi) is 4.15. The number of carbonyl (C=O) groups is 2. The van der Waals surface area contributed by atoms with Crippen LogP contribution in [0.25, 0.3) is 0 Å². The molecule has 0 heterocycles. The summed E-state index contributed by atoms with van der Waals surface area (Å²) in [5, 5.41) is 11.5. The van der Waals surface area contributed by atoms with Crippen LogP contribution >= 0.6 is 0 Å². The number of hydrogen-bond acceptors (Lipinski definition) is 2. The molecular weight excluding hydrogens is 208 g/mol. The minimum Gasteiger partial charge on any atom is -0.481 e. The lowest BCUT2D eigenvalue weighted by molar-refractivity contribution is -0.137. The molecule has 92 valence electrons. The van der Waals surface area contributed by atoms with Gasteiger partial charge in [-0.25, -0.2) is 4.79 Å². The van der Waals surface area contributed by atoms with E-state index in [-0.39, 0.29) is 24.5 Å². The first-order valence-corrected chi connectivity index (χ1v) is 5.68. The zero-order chi connectivity index (χ0) is 12.2. The number of hydrogen-bond donors (Lipinski definition) is 2. The fourth-order valence-corrected chi connectivity index (χ4v) is 2.00. The van der Waals surface area contributed by atoms with Crippen molar-refractivity contribution in [2.75, 3.05) is 13.6 Å². The molecule has 0 aromatic carbocycles. The van der Waals surface area contributed by atoms with Crippen molar-refractivity contribution in [3.8, 4) is 0 Å². The molecule has 2 N–H and O–H groups in total. The quantitative estimate of drug-likeness (QED) is 0.764. The molecule has 1 aliphatic carbocycles. The molecule has 0 aromatic rings. The van der Waals surface area contributed by atoms with Crippen LogP contribution in [0.1, 0.15) is 39.0 Å². The first-order valence-electron chi connectivity index (χ1n) is 5.68. The molecule has 0 atom stereocenters. The van der Waals surface area contributed by atoms with Gasteiger partial charge in [0.2, 0.25) is 0 Å². The minimum absolute atomic E-state index is 0.0133. The van der Waals surface area contributed by atoms with Gasteiger partial charge in [-0.2, -0.15) is 0 Å². The summed E-state index contributed by atoms with van der Waals surface area (Å²) in [4.78, 5) is 23.5. The minimum atomic E-state index is -0.883. The van der Waals surface area contributed by atoms with Crippen LogP contribution in [0.2, 0.25) is 0 Å². The number of amides is 2. The SMILES string of the molecule is CN(CCC(=O)O)C(=O)NC1(C)CCCC1. The molecule has 1 rings (SSSR count). The fraction of sp³-hybridized carbons (Fsp3) is 0.818. The predicted molar refractivity (Wildman–Crippen MR) is 60.3 cm³/mol. The first-order chi connectivity index (χ1) is 7.43. The molecule has 1 saturated carbocycles.